The van der Waals surface area contributed by atoms with E-state index >= 15 is 0 Å². The molecule has 1 aliphatic carbocycles. The smallest absolute Gasteiger partial charge is 0.227 e. The largest absolute Gasteiger partial charge is 0.324 e. The molecule has 0 bridgehead atoms. The summed E-state index contributed by atoms with van der Waals surface area (Å²) >= 11 is 5.94. The molecule has 4 nitrogen and oxygen atoms in total. The number of anilines is 1. The molecule has 0 radical (unpaired) electrons. The maximum atomic E-state index is 11.8. The molecule has 6 heteroatoms. The topological polar surface area (TPSA) is 63.2 Å². The molecule has 0 aromatic heterocycles. The van der Waals surface area contributed by atoms with Crippen LogP contribution in [-0.4, -0.2) is 20.6 Å². The van der Waals surface area contributed by atoms with Gasteiger partial charge in [-0.25, -0.2) is 8.42 Å². The molecule has 1 aromatic rings. The Morgan fingerprint density at radius 3 is 2.56 bits per heavy atom. The molecule has 1 aliphatic rings. The van der Waals surface area contributed by atoms with Crippen LogP contribution in [-0.2, 0) is 14.6 Å². The normalized spacial score (nSPS) is 22.6. The van der Waals surface area contributed by atoms with Crippen molar-refractivity contribution in [1.29, 1.82) is 0 Å². The Kier molecular flexibility index (Phi) is 3.38. The number of carbonyl (C=O) groups is 1. The van der Waals surface area contributed by atoms with Crippen molar-refractivity contribution < 1.29 is 13.2 Å². The Balaban J connectivity index is 2.24. The zero-order chi connectivity index (χ0) is 13.5. The number of amides is 1. The molecule has 0 aliphatic heterocycles. The number of hydrogen-bond donors (Lipinski definition) is 1. The Labute approximate surface area is 111 Å². The molecular weight excluding hydrogens is 274 g/mol. The Morgan fingerprint density at radius 2 is 2.06 bits per heavy atom. The molecule has 0 saturated heterocycles. The Morgan fingerprint density at radius 1 is 1.44 bits per heavy atom. The lowest BCUT2D eigenvalue weighted by atomic mass is 10.2. The van der Waals surface area contributed by atoms with Gasteiger partial charge in [-0.2, -0.15) is 0 Å². The molecule has 1 fully saturated rings. The second-order valence-electron chi connectivity index (χ2n) is 4.72. The zero-order valence-corrected chi connectivity index (χ0v) is 11.7. The quantitative estimate of drug-likeness (QED) is 0.928. The number of rotatable bonds is 3. The molecule has 0 unspecified atom stereocenters. The van der Waals surface area contributed by atoms with Crippen LogP contribution in [0.3, 0.4) is 0 Å². The van der Waals surface area contributed by atoms with E-state index in [1.165, 1.54) is 18.2 Å². The fourth-order valence-corrected chi connectivity index (χ4v) is 2.56. The van der Waals surface area contributed by atoms with Crippen molar-refractivity contribution in [2.45, 2.75) is 18.2 Å². The summed E-state index contributed by atoms with van der Waals surface area (Å²) in [6.07, 6.45) is 1.99. The highest BCUT2D eigenvalue weighted by molar-refractivity contribution is 7.90. The SMILES string of the molecule is C[C@H]1C[C@@H]1C(=O)Nc1cc(S(C)(=O)=O)ccc1Cl. The van der Waals surface area contributed by atoms with Gasteiger partial charge in [0.1, 0.15) is 0 Å². The third-order valence-corrected chi connectivity index (χ3v) is 4.51. The van der Waals surface area contributed by atoms with Crippen LogP contribution in [0.15, 0.2) is 23.1 Å². The van der Waals surface area contributed by atoms with Gasteiger partial charge < -0.3 is 5.32 Å². The van der Waals surface area contributed by atoms with Gasteiger partial charge in [0.05, 0.1) is 15.6 Å². The van der Waals surface area contributed by atoms with E-state index in [9.17, 15) is 13.2 Å². The summed E-state index contributed by atoms with van der Waals surface area (Å²) in [6, 6.07) is 4.29. The highest BCUT2D eigenvalue weighted by Crippen LogP contribution is 2.39. The van der Waals surface area contributed by atoms with E-state index in [4.69, 9.17) is 11.6 Å². The van der Waals surface area contributed by atoms with Gasteiger partial charge in [-0.3, -0.25) is 4.79 Å². The van der Waals surface area contributed by atoms with Crippen LogP contribution < -0.4 is 5.32 Å². The van der Waals surface area contributed by atoms with Crippen LogP contribution in [0.25, 0.3) is 0 Å². The van der Waals surface area contributed by atoms with Crippen molar-refractivity contribution in [2.24, 2.45) is 11.8 Å². The van der Waals surface area contributed by atoms with Crippen molar-refractivity contribution in [2.75, 3.05) is 11.6 Å². The minimum atomic E-state index is -3.30. The molecule has 98 valence electrons. The predicted molar refractivity (Wildman–Crippen MR) is 70.5 cm³/mol. The van der Waals surface area contributed by atoms with Crippen molar-refractivity contribution in [1.82, 2.24) is 0 Å². The number of sulfone groups is 1. The van der Waals surface area contributed by atoms with Gasteiger partial charge in [-0.15, -0.1) is 0 Å². The van der Waals surface area contributed by atoms with E-state index in [0.29, 0.717) is 16.6 Å². The second-order valence-corrected chi connectivity index (χ2v) is 7.15. The van der Waals surface area contributed by atoms with Gasteiger partial charge in [0.25, 0.3) is 0 Å². The lowest BCUT2D eigenvalue weighted by molar-refractivity contribution is -0.117. The summed E-state index contributed by atoms with van der Waals surface area (Å²) in [6.45, 7) is 2.00. The molecule has 2 rings (SSSR count). The number of carbonyl (C=O) groups excluding carboxylic acids is 1. The first-order valence-corrected chi connectivity index (χ1v) is 7.86. The van der Waals surface area contributed by atoms with Gasteiger partial charge in [0, 0.05) is 12.2 Å². The summed E-state index contributed by atoms with van der Waals surface area (Å²) in [5.41, 5.74) is 0.351. The second kappa shape index (κ2) is 4.55. The van der Waals surface area contributed by atoms with Gasteiger partial charge in [0.15, 0.2) is 9.84 Å². The summed E-state index contributed by atoms with van der Waals surface area (Å²) < 4.78 is 22.8. The van der Waals surface area contributed by atoms with Crippen molar-refractivity contribution in [3.05, 3.63) is 23.2 Å². The molecule has 1 aromatic carbocycles. The fourth-order valence-electron chi connectivity index (χ4n) is 1.74. The number of nitrogens with one attached hydrogen (secondary N) is 1. The third-order valence-electron chi connectivity index (χ3n) is 3.07. The van der Waals surface area contributed by atoms with E-state index < -0.39 is 9.84 Å². The zero-order valence-electron chi connectivity index (χ0n) is 10.1. The Hall–Kier alpha value is -1.07. The van der Waals surface area contributed by atoms with Crippen LogP contribution >= 0.6 is 11.6 Å². The van der Waals surface area contributed by atoms with Gasteiger partial charge in [0.2, 0.25) is 5.91 Å². The van der Waals surface area contributed by atoms with Crippen LogP contribution in [0.2, 0.25) is 5.02 Å². The van der Waals surface area contributed by atoms with Crippen molar-refractivity contribution in [3.8, 4) is 0 Å². The van der Waals surface area contributed by atoms with Crippen molar-refractivity contribution in [3.63, 3.8) is 0 Å². The van der Waals surface area contributed by atoms with Crippen LogP contribution in [0.1, 0.15) is 13.3 Å². The third kappa shape index (κ3) is 2.84. The van der Waals surface area contributed by atoms with Gasteiger partial charge in [-0.05, 0) is 30.5 Å². The number of hydrogen-bond acceptors (Lipinski definition) is 3. The van der Waals surface area contributed by atoms with Gasteiger partial charge >= 0.3 is 0 Å². The molecule has 18 heavy (non-hydrogen) atoms. The molecule has 0 spiro atoms. The monoisotopic (exact) mass is 287 g/mol. The maximum Gasteiger partial charge on any atom is 0.227 e. The van der Waals surface area contributed by atoms with Crippen LogP contribution in [0, 0.1) is 11.8 Å². The summed E-state index contributed by atoms with van der Waals surface area (Å²) in [7, 11) is -3.30. The fraction of sp³-hybridized carbons (Fsp3) is 0.417. The van der Waals surface area contributed by atoms with Crippen LogP contribution in [0.5, 0.6) is 0 Å². The maximum absolute atomic E-state index is 11.8. The lowest BCUT2D eigenvalue weighted by Crippen LogP contribution is -2.15. The average Bonchev–Trinajstić information content (AvgIpc) is 2.97. The minimum Gasteiger partial charge on any atom is -0.324 e. The molecule has 2 atom stereocenters. The summed E-state index contributed by atoms with van der Waals surface area (Å²) in [5.74, 6) is 0.305. The minimum absolute atomic E-state index is 0.0166. The number of benzene rings is 1. The van der Waals surface area contributed by atoms with E-state index in [1.807, 2.05) is 6.92 Å². The summed E-state index contributed by atoms with van der Waals surface area (Å²) in [4.78, 5) is 11.9. The molecule has 1 N–H and O–H groups in total. The first-order chi connectivity index (χ1) is 8.29. The molecule has 1 amide bonds. The van der Waals surface area contributed by atoms with E-state index in [1.54, 1.807) is 0 Å². The predicted octanol–water partition coefficient (Wildman–Crippen LogP) is 2.34. The standard InChI is InChI=1S/C12H14ClNO3S/c1-7-5-9(7)12(15)14-11-6-8(18(2,16)17)3-4-10(11)13/h3-4,6-7,9H,5H2,1-2H3,(H,14,15)/t7-,9-/m0/s1. The average molecular weight is 288 g/mol. The van der Waals surface area contributed by atoms with E-state index in [-0.39, 0.29) is 16.7 Å². The lowest BCUT2D eigenvalue weighted by Gasteiger charge is -2.08. The van der Waals surface area contributed by atoms with E-state index in [2.05, 4.69) is 5.32 Å². The van der Waals surface area contributed by atoms with Crippen molar-refractivity contribution >= 4 is 33.0 Å². The molecule has 1 saturated carbocycles. The van der Waals surface area contributed by atoms with Gasteiger partial charge in [-0.1, -0.05) is 18.5 Å². The molecule has 0 heterocycles. The Bertz CT molecular complexity index is 597. The first-order valence-electron chi connectivity index (χ1n) is 5.59. The molecular formula is C12H14ClNO3S. The first kappa shape index (κ1) is 13.4. The number of halogens is 1. The summed E-state index contributed by atoms with van der Waals surface area (Å²) in [5, 5.41) is 3.02. The van der Waals surface area contributed by atoms with Crippen LogP contribution in [0.4, 0.5) is 5.69 Å². The highest BCUT2D eigenvalue weighted by atomic mass is 35.5. The highest BCUT2D eigenvalue weighted by Gasteiger charge is 2.39. The van der Waals surface area contributed by atoms with E-state index in [0.717, 1.165) is 12.7 Å².